The van der Waals surface area contributed by atoms with Crippen molar-refractivity contribution in [2.24, 2.45) is 0 Å². The number of fused-ring (bicyclic) bond motifs is 2. The monoisotopic (exact) mass is 287 g/mol. The molecule has 0 saturated carbocycles. The molecule has 1 aromatic heterocycles. The summed E-state index contributed by atoms with van der Waals surface area (Å²) in [7, 11) is 1.81. The number of nitriles is 1. The number of rotatable bonds is 1. The van der Waals surface area contributed by atoms with Gasteiger partial charge in [-0.2, -0.15) is 5.26 Å². The minimum absolute atomic E-state index is 0.0663. The Morgan fingerprint density at radius 2 is 2.00 bits per heavy atom. The molecule has 0 aliphatic carbocycles. The molecule has 0 fully saturated rings. The third kappa shape index (κ3) is 1.66. The molecule has 0 unspecified atom stereocenters. The minimum atomic E-state index is 0.0663. The van der Waals surface area contributed by atoms with Gasteiger partial charge in [-0.3, -0.25) is 4.79 Å². The SMILES string of the molecule is CN1Cc2cc(-n3cc(C#N)c4ccccc43)ccc2C1=O. The molecule has 106 valence electrons. The fourth-order valence-corrected chi connectivity index (χ4v) is 3.08. The van der Waals surface area contributed by atoms with Gasteiger partial charge >= 0.3 is 0 Å². The smallest absolute Gasteiger partial charge is 0.254 e. The standard InChI is InChI=1S/C18H13N3O/c1-20-10-12-8-14(6-7-16(12)18(20)22)21-11-13(9-19)15-4-2-3-5-17(15)21/h2-8,11H,10H2,1H3. The third-order valence-electron chi connectivity index (χ3n) is 4.18. The predicted octanol–water partition coefficient (Wildman–Crippen LogP) is 3.09. The summed E-state index contributed by atoms with van der Waals surface area (Å²) >= 11 is 0. The predicted molar refractivity (Wildman–Crippen MR) is 83.8 cm³/mol. The lowest BCUT2D eigenvalue weighted by Gasteiger charge is -2.07. The summed E-state index contributed by atoms with van der Waals surface area (Å²) in [6, 6.07) is 15.9. The highest BCUT2D eigenvalue weighted by Crippen LogP contribution is 2.28. The maximum atomic E-state index is 12.0. The summed E-state index contributed by atoms with van der Waals surface area (Å²) in [4.78, 5) is 13.7. The van der Waals surface area contributed by atoms with Crippen LogP contribution in [0.25, 0.3) is 16.6 Å². The zero-order valence-corrected chi connectivity index (χ0v) is 12.1. The Bertz CT molecular complexity index is 962. The molecular weight excluding hydrogens is 274 g/mol. The summed E-state index contributed by atoms with van der Waals surface area (Å²) < 4.78 is 2.01. The molecule has 22 heavy (non-hydrogen) atoms. The van der Waals surface area contributed by atoms with Crippen molar-refractivity contribution in [1.29, 1.82) is 5.26 Å². The van der Waals surface area contributed by atoms with Gasteiger partial charge in [0.05, 0.1) is 11.1 Å². The second kappa shape index (κ2) is 4.47. The van der Waals surface area contributed by atoms with E-state index in [1.165, 1.54) is 0 Å². The Labute approximate surface area is 127 Å². The van der Waals surface area contributed by atoms with E-state index in [1.54, 1.807) is 11.9 Å². The molecule has 2 aromatic carbocycles. The molecule has 0 spiro atoms. The van der Waals surface area contributed by atoms with Gasteiger partial charge in [-0.25, -0.2) is 0 Å². The molecule has 4 nitrogen and oxygen atoms in total. The van der Waals surface area contributed by atoms with Crippen LogP contribution in [0.4, 0.5) is 0 Å². The number of carbonyl (C=O) groups excluding carboxylic acids is 1. The van der Waals surface area contributed by atoms with Crippen molar-refractivity contribution < 1.29 is 4.79 Å². The third-order valence-corrected chi connectivity index (χ3v) is 4.18. The van der Waals surface area contributed by atoms with Crippen molar-refractivity contribution in [2.45, 2.75) is 6.54 Å². The first-order valence-electron chi connectivity index (χ1n) is 7.08. The summed E-state index contributed by atoms with van der Waals surface area (Å²) in [5.41, 5.74) is 4.42. The van der Waals surface area contributed by atoms with E-state index in [0.29, 0.717) is 12.1 Å². The van der Waals surface area contributed by atoms with Crippen LogP contribution in [0, 0.1) is 11.3 Å². The van der Waals surface area contributed by atoms with Gasteiger partial charge in [0.2, 0.25) is 0 Å². The van der Waals surface area contributed by atoms with E-state index in [1.807, 2.05) is 53.2 Å². The number of para-hydroxylation sites is 1. The first-order valence-corrected chi connectivity index (χ1v) is 7.08. The van der Waals surface area contributed by atoms with E-state index in [9.17, 15) is 10.1 Å². The molecule has 1 amide bonds. The number of benzene rings is 2. The lowest BCUT2D eigenvalue weighted by atomic mass is 10.1. The first kappa shape index (κ1) is 12.7. The van der Waals surface area contributed by atoms with E-state index in [-0.39, 0.29) is 5.91 Å². The summed E-state index contributed by atoms with van der Waals surface area (Å²) in [6.45, 7) is 0.631. The Kier molecular flexibility index (Phi) is 2.57. The molecule has 4 rings (SSSR count). The quantitative estimate of drug-likeness (QED) is 0.690. The van der Waals surface area contributed by atoms with Crippen molar-refractivity contribution in [3.8, 4) is 11.8 Å². The second-order valence-corrected chi connectivity index (χ2v) is 5.54. The Balaban J connectivity index is 1.93. The van der Waals surface area contributed by atoms with Crippen LogP contribution in [0.1, 0.15) is 21.5 Å². The molecule has 1 aliphatic rings. The maximum absolute atomic E-state index is 12.0. The molecule has 1 aliphatic heterocycles. The fraction of sp³-hybridized carbons (Fsp3) is 0.111. The fourth-order valence-electron chi connectivity index (χ4n) is 3.08. The van der Waals surface area contributed by atoms with Gasteiger partial charge in [0, 0.05) is 36.4 Å². The van der Waals surface area contributed by atoms with E-state index in [4.69, 9.17) is 0 Å². The van der Waals surface area contributed by atoms with Gasteiger partial charge in [-0.15, -0.1) is 0 Å². The normalized spacial score (nSPS) is 13.5. The Morgan fingerprint density at radius 3 is 2.82 bits per heavy atom. The summed E-state index contributed by atoms with van der Waals surface area (Å²) in [5, 5.41) is 10.2. The maximum Gasteiger partial charge on any atom is 0.254 e. The van der Waals surface area contributed by atoms with Crippen LogP contribution in [0.5, 0.6) is 0 Å². The molecule has 2 heterocycles. The Hall–Kier alpha value is -3.06. The van der Waals surface area contributed by atoms with Crippen LogP contribution in [0.15, 0.2) is 48.7 Å². The van der Waals surface area contributed by atoms with Crippen LogP contribution >= 0.6 is 0 Å². The molecule has 4 heteroatoms. The lowest BCUT2D eigenvalue weighted by Crippen LogP contribution is -2.17. The van der Waals surface area contributed by atoms with Crippen molar-refractivity contribution in [3.63, 3.8) is 0 Å². The van der Waals surface area contributed by atoms with Crippen LogP contribution in [-0.4, -0.2) is 22.4 Å². The van der Waals surface area contributed by atoms with Crippen LogP contribution < -0.4 is 0 Å². The Morgan fingerprint density at radius 1 is 1.18 bits per heavy atom. The molecule has 0 radical (unpaired) electrons. The molecule has 0 N–H and O–H groups in total. The number of nitrogens with zero attached hydrogens (tertiary/aromatic N) is 3. The van der Waals surface area contributed by atoms with Crippen molar-refractivity contribution in [1.82, 2.24) is 9.47 Å². The number of aromatic nitrogens is 1. The van der Waals surface area contributed by atoms with E-state index in [0.717, 1.165) is 27.7 Å². The molecule has 3 aromatic rings. The largest absolute Gasteiger partial charge is 0.337 e. The first-order chi connectivity index (χ1) is 10.7. The lowest BCUT2D eigenvalue weighted by molar-refractivity contribution is 0.0816. The number of carbonyl (C=O) groups is 1. The van der Waals surface area contributed by atoms with Crippen molar-refractivity contribution >= 4 is 16.8 Å². The highest BCUT2D eigenvalue weighted by atomic mass is 16.2. The number of hydrogen-bond donors (Lipinski definition) is 0. The topological polar surface area (TPSA) is 49.0 Å². The van der Waals surface area contributed by atoms with Crippen molar-refractivity contribution in [3.05, 3.63) is 65.4 Å². The average Bonchev–Trinajstić information content (AvgIpc) is 3.05. The van der Waals surface area contributed by atoms with Gasteiger partial charge in [-0.1, -0.05) is 18.2 Å². The number of hydrogen-bond acceptors (Lipinski definition) is 2. The average molecular weight is 287 g/mol. The summed E-state index contributed by atoms with van der Waals surface area (Å²) in [6.07, 6.45) is 1.85. The highest BCUT2D eigenvalue weighted by molar-refractivity contribution is 5.98. The van der Waals surface area contributed by atoms with Gasteiger partial charge in [0.25, 0.3) is 5.91 Å². The molecular formula is C18H13N3O. The van der Waals surface area contributed by atoms with Crippen LogP contribution in [0.3, 0.4) is 0 Å². The molecule has 0 atom stereocenters. The highest BCUT2D eigenvalue weighted by Gasteiger charge is 2.24. The molecule has 0 bridgehead atoms. The van der Waals surface area contributed by atoms with E-state index in [2.05, 4.69) is 6.07 Å². The van der Waals surface area contributed by atoms with Gasteiger partial charge < -0.3 is 9.47 Å². The van der Waals surface area contributed by atoms with Crippen molar-refractivity contribution in [2.75, 3.05) is 7.05 Å². The zero-order valence-electron chi connectivity index (χ0n) is 12.1. The minimum Gasteiger partial charge on any atom is -0.337 e. The second-order valence-electron chi connectivity index (χ2n) is 5.54. The molecule has 0 saturated heterocycles. The van der Waals surface area contributed by atoms with E-state index >= 15 is 0 Å². The number of amides is 1. The van der Waals surface area contributed by atoms with Gasteiger partial charge in [0.1, 0.15) is 6.07 Å². The van der Waals surface area contributed by atoms with Crippen LogP contribution in [-0.2, 0) is 6.54 Å². The zero-order chi connectivity index (χ0) is 15.3. The van der Waals surface area contributed by atoms with Gasteiger partial charge in [-0.05, 0) is 29.8 Å². The summed E-state index contributed by atoms with van der Waals surface area (Å²) in [5.74, 6) is 0.0663. The van der Waals surface area contributed by atoms with E-state index < -0.39 is 0 Å². The van der Waals surface area contributed by atoms with Crippen LogP contribution in [0.2, 0.25) is 0 Å². The van der Waals surface area contributed by atoms with Gasteiger partial charge in [0.15, 0.2) is 0 Å².